The molecule has 0 aromatic heterocycles. The molecule has 0 aliphatic carbocycles. The molecule has 0 unspecified atom stereocenters. The molecule has 2 aliphatic heterocycles. The number of likely N-dealkylation sites (tertiary alicyclic amines) is 1. The summed E-state index contributed by atoms with van der Waals surface area (Å²) in [5.74, 6) is 1.07. The lowest BCUT2D eigenvalue weighted by Gasteiger charge is -2.32. The molecule has 1 N–H and O–H groups in total. The van der Waals surface area contributed by atoms with Crippen molar-refractivity contribution >= 4 is 17.3 Å². The van der Waals surface area contributed by atoms with Crippen LogP contribution in [0.1, 0.15) is 32.6 Å². The fraction of sp³-hybridized carbons (Fsp3) is 0.611. The number of anilines is 2. The van der Waals surface area contributed by atoms with E-state index in [1.807, 2.05) is 4.90 Å². The van der Waals surface area contributed by atoms with Gasteiger partial charge in [-0.05, 0) is 55.9 Å². The van der Waals surface area contributed by atoms with Gasteiger partial charge in [-0.3, -0.25) is 4.79 Å². The highest BCUT2D eigenvalue weighted by atomic mass is 16.2. The number of nitrogens with one attached hydrogen (secondary N) is 1. The van der Waals surface area contributed by atoms with Crippen LogP contribution in [0.15, 0.2) is 24.3 Å². The SMILES string of the molecule is CC1CCN(c2ccc(NCC(=O)N3CCCC3)cc2)CC1. The molecule has 4 heteroatoms. The van der Waals surface area contributed by atoms with Crippen LogP contribution >= 0.6 is 0 Å². The van der Waals surface area contributed by atoms with Crippen LogP contribution in [-0.2, 0) is 4.79 Å². The van der Waals surface area contributed by atoms with E-state index >= 15 is 0 Å². The largest absolute Gasteiger partial charge is 0.376 e. The minimum absolute atomic E-state index is 0.214. The van der Waals surface area contributed by atoms with Gasteiger partial charge in [-0.1, -0.05) is 6.92 Å². The molecular weight excluding hydrogens is 274 g/mol. The van der Waals surface area contributed by atoms with Crippen molar-refractivity contribution < 1.29 is 4.79 Å². The average Bonchev–Trinajstić information content (AvgIpc) is 3.08. The highest BCUT2D eigenvalue weighted by Crippen LogP contribution is 2.24. The maximum atomic E-state index is 12.0. The van der Waals surface area contributed by atoms with Crippen molar-refractivity contribution in [3.8, 4) is 0 Å². The van der Waals surface area contributed by atoms with Crippen LogP contribution in [-0.4, -0.2) is 43.5 Å². The van der Waals surface area contributed by atoms with E-state index in [1.54, 1.807) is 0 Å². The van der Waals surface area contributed by atoms with Gasteiger partial charge in [-0.15, -0.1) is 0 Å². The van der Waals surface area contributed by atoms with Crippen molar-refractivity contribution in [2.45, 2.75) is 32.6 Å². The molecule has 120 valence electrons. The van der Waals surface area contributed by atoms with Crippen molar-refractivity contribution in [3.05, 3.63) is 24.3 Å². The van der Waals surface area contributed by atoms with Gasteiger partial charge in [0, 0.05) is 37.6 Å². The normalized spacial score (nSPS) is 19.5. The second-order valence-electron chi connectivity index (χ2n) is 6.66. The fourth-order valence-corrected chi connectivity index (χ4v) is 3.31. The number of rotatable bonds is 4. The molecule has 1 aromatic rings. The zero-order valence-corrected chi connectivity index (χ0v) is 13.6. The summed E-state index contributed by atoms with van der Waals surface area (Å²) in [6, 6.07) is 8.51. The second kappa shape index (κ2) is 7.03. The quantitative estimate of drug-likeness (QED) is 0.929. The van der Waals surface area contributed by atoms with E-state index in [0.29, 0.717) is 6.54 Å². The van der Waals surface area contributed by atoms with Gasteiger partial charge < -0.3 is 15.1 Å². The first-order chi connectivity index (χ1) is 10.7. The number of amides is 1. The second-order valence-corrected chi connectivity index (χ2v) is 6.66. The van der Waals surface area contributed by atoms with E-state index in [1.165, 1.54) is 18.5 Å². The van der Waals surface area contributed by atoms with E-state index in [-0.39, 0.29) is 5.91 Å². The number of hydrogen-bond acceptors (Lipinski definition) is 3. The third kappa shape index (κ3) is 3.73. The lowest BCUT2D eigenvalue weighted by Crippen LogP contribution is -2.33. The molecule has 22 heavy (non-hydrogen) atoms. The van der Waals surface area contributed by atoms with Crippen LogP contribution in [0, 0.1) is 5.92 Å². The maximum absolute atomic E-state index is 12.0. The molecule has 0 bridgehead atoms. The van der Waals surface area contributed by atoms with Gasteiger partial charge >= 0.3 is 0 Å². The van der Waals surface area contributed by atoms with Gasteiger partial charge in [0.25, 0.3) is 0 Å². The summed E-state index contributed by atoms with van der Waals surface area (Å²) in [6.07, 6.45) is 4.86. The summed E-state index contributed by atoms with van der Waals surface area (Å²) in [5, 5.41) is 3.25. The molecule has 0 radical (unpaired) electrons. The summed E-state index contributed by atoms with van der Waals surface area (Å²) in [6.45, 7) is 6.89. The summed E-state index contributed by atoms with van der Waals surface area (Å²) in [4.78, 5) is 16.4. The van der Waals surface area contributed by atoms with Crippen LogP contribution in [0.25, 0.3) is 0 Å². The van der Waals surface area contributed by atoms with Gasteiger partial charge in [0.2, 0.25) is 5.91 Å². The number of benzene rings is 1. The van der Waals surface area contributed by atoms with Crippen molar-refractivity contribution in [2.75, 3.05) is 42.9 Å². The van der Waals surface area contributed by atoms with Crippen LogP contribution in [0.4, 0.5) is 11.4 Å². The molecular formula is C18H27N3O. The Labute approximate surface area is 133 Å². The zero-order valence-electron chi connectivity index (χ0n) is 13.6. The summed E-state index contributed by atoms with van der Waals surface area (Å²) in [7, 11) is 0. The topological polar surface area (TPSA) is 35.6 Å². The summed E-state index contributed by atoms with van der Waals surface area (Å²) in [5.41, 5.74) is 2.32. The van der Waals surface area contributed by atoms with E-state index in [0.717, 1.165) is 50.6 Å². The fourth-order valence-electron chi connectivity index (χ4n) is 3.31. The molecule has 0 atom stereocenters. The Kier molecular flexibility index (Phi) is 4.86. The van der Waals surface area contributed by atoms with Gasteiger partial charge in [0.15, 0.2) is 0 Å². The van der Waals surface area contributed by atoms with Crippen molar-refractivity contribution in [1.82, 2.24) is 4.90 Å². The molecule has 2 heterocycles. The van der Waals surface area contributed by atoms with Gasteiger partial charge in [-0.25, -0.2) is 0 Å². The number of carbonyl (C=O) groups is 1. The Morgan fingerprint density at radius 1 is 1.09 bits per heavy atom. The van der Waals surface area contributed by atoms with E-state index in [9.17, 15) is 4.79 Å². The number of carbonyl (C=O) groups excluding carboxylic acids is 1. The van der Waals surface area contributed by atoms with Crippen molar-refractivity contribution in [2.24, 2.45) is 5.92 Å². The zero-order chi connectivity index (χ0) is 15.4. The van der Waals surface area contributed by atoms with Gasteiger partial charge in [-0.2, -0.15) is 0 Å². The minimum Gasteiger partial charge on any atom is -0.376 e. The summed E-state index contributed by atoms with van der Waals surface area (Å²) >= 11 is 0. The van der Waals surface area contributed by atoms with E-state index in [2.05, 4.69) is 41.4 Å². The number of nitrogens with zero attached hydrogens (tertiary/aromatic N) is 2. The van der Waals surface area contributed by atoms with E-state index < -0.39 is 0 Å². The molecule has 2 saturated heterocycles. The molecule has 3 rings (SSSR count). The Morgan fingerprint density at radius 3 is 2.36 bits per heavy atom. The first kappa shape index (κ1) is 15.2. The highest BCUT2D eigenvalue weighted by Gasteiger charge is 2.18. The monoisotopic (exact) mass is 301 g/mol. The van der Waals surface area contributed by atoms with Crippen molar-refractivity contribution in [1.29, 1.82) is 0 Å². The van der Waals surface area contributed by atoms with Crippen LogP contribution < -0.4 is 10.2 Å². The van der Waals surface area contributed by atoms with Crippen LogP contribution in [0.2, 0.25) is 0 Å². The molecule has 1 aromatic carbocycles. The van der Waals surface area contributed by atoms with Crippen LogP contribution in [0.5, 0.6) is 0 Å². The highest BCUT2D eigenvalue weighted by molar-refractivity contribution is 5.81. The molecule has 1 amide bonds. The van der Waals surface area contributed by atoms with Gasteiger partial charge in [0.1, 0.15) is 0 Å². The minimum atomic E-state index is 0.214. The third-order valence-electron chi connectivity index (χ3n) is 4.92. The first-order valence-electron chi connectivity index (χ1n) is 8.59. The lowest BCUT2D eigenvalue weighted by molar-refractivity contribution is -0.128. The lowest BCUT2D eigenvalue weighted by atomic mass is 9.99. The summed E-state index contributed by atoms with van der Waals surface area (Å²) < 4.78 is 0. The molecule has 4 nitrogen and oxygen atoms in total. The molecule has 2 fully saturated rings. The Bertz CT molecular complexity index is 486. The molecule has 0 saturated carbocycles. The molecule has 2 aliphatic rings. The predicted molar refractivity (Wildman–Crippen MR) is 91.4 cm³/mol. The van der Waals surface area contributed by atoms with Gasteiger partial charge in [0.05, 0.1) is 6.54 Å². The average molecular weight is 301 g/mol. The molecule has 0 spiro atoms. The smallest absolute Gasteiger partial charge is 0.241 e. The van der Waals surface area contributed by atoms with Crippen molar-refractivity contribution in [3.63, 3.8) is 0 Å². The van der Waals surface area contributed by atoms with E-state index in [4.69, 9.17) is 0 Å². The van der Waals surface area contributed by atoms with Crippen LogP contribution in [0.3, 0.4) is 0 Å². The number of hydrogen-bond donors (Lipinski definition) is 1. The third-order valence-corrected chi connectivity index (χ3v) is 4.92. The Hall–Kier alpha value is -1.71. The Balaban J connectivity index is 1.50. The number of piperidine rings is 1. The predicted octanol–water partition coefficient (Wildman–Crippen LogP) is 2.96. The Morgan fingerprint density at radius 2 is 1.73 bits per heavy atom. The standard InChI is InChI=1S/C18H27N3O/c1-15-8-12-20(13-9-15)17-6-4-16(5-7-17)19-14-18(22)21-10-2-3-11-21/h4-7,15,19H,2-3,8-14H2,1H3. The maximum Gasteiger partial charge on any atom is 0.241 e. The first-order valence-corrected chi connectivity index (χ1v) is 8.59.